The number of carbonyl (C=O) groups is 2. The van der Waals surface area contributed by atoms with Crippen molar-refractivity contribution in [3.05, 3.63) is 29.8 Å². The first-order valence-corrected chi connectivity index (χ1v) is 6.46. The van der Waals surface area contributed by atoms with Crippen LogP contribution in [-0.2, 0) is 4.79 Å². The molecular formula is C14H20FN3O2. The van der Waals surface area contributed by atoms with E-state index in [9.17, 15) is 14.0 Å². The molecule has 0 fully saturated rings. The zero-order valence-electron chi connectivity index (χ0n) is 12.2. The van der Waals surface area contributed by atoms with Crippen molar-refractivity contribution in [3.63, 3.8) is 0 Å². The molecular weight excluding hydrogens is 261 g/mol. The number of amides is 2. The zero-order valence-corrected chi connectivity index (χ0v) is 12.2. The van der Waals surface area contributed by atoms with E-state index in [0.29, 0.717) is 6.54 Å². The molecule has 1 N–H and O–H groups in total. The highest BCUT2D eigenvalue weighted by Crippen LogP contribution is 2.04. The number of likely N-dealkylation sites (N-methyl/N-ethyl adjacent to an activating group) is 1. The van der Waals surface area contributed by atoms with Crippen LogP contribution in [0.25, 0.3) is 0 Å². The SMILES string of the molecule is CCN(CC(=O)NC(C)(C)C)C(=O)c1cccc(F)n1. The third kappa shape index (κ3) is 4.95. The first kappa shape index (κ1) is 16.1. The summed E-state index contributed by atoms with van der Waals surface area (Å²) in [5.41, 5.74) is -0.369. The first-order chi connectivity index (χ1) is 9.23. The van der Waals surface area contributed by atoms with Gasteiger partial charge in [0.2, 0.25) is 11.9 Å². The maximum absolute atomic E-state index is 13.0. The van der Waals surface area contributed by atoms with E-state index in [-0.39, 0.29) is 23.7 Å². The van der Waals surface area contributed by atoms with Gasteiger partial charge >= 0.3 is 0 Å². The summed E-state index contributed by atoms with van der Waals surface area (Å²) in [5.74, 6) is -1.44. The van der Waals surface area contributed by atoms with E-state index in [4.69, 9.17) is 0 Å². The van der Waals surface area contributed by atoms with Gasteiger partial charge in [-0.05, 0) is 39.8 Å². The average Bonchev–Trinajstić information content (AvgIpc) is 2.33. The van der Waals surface area contributed by atoms with Gasteiger partial charge in [0.1, 0.15) is 5.69 Å². The number of rotatable bonds is 4. The summed E-state index contributed by atoms with van der Waals surface area (Å²) in [6.45, 7) is 7.59. The van der Waals surface area contributed by atoms with E-state index in [1.165, 1.54) is 23.1 Å². The Morgan fingerprint density at radius 2 is 2.00 bits per heavy atom. The van der Waals surface area contributed by atoms with Crippen molar-refractivity contribution in [2.45, 2.75) is 33.2 Å². The third-order valence-corrected chi connectivity index (χ3v) is 2.45. The molecule has 110 valence electrons. The Morgan fingerprint density at radius 1 is 1.35 bits per heavy atom. The van der Waals surface area contributed by atoms with E-state index in [0.717, 1.165) is 0 Å². The lowest BCUT2D eigenvalue weighted by atomic mass is 10.1. The Labute approximate surface area is 118 Å². The van der Waals surface area contributed by atoms with Gasteiger partial charge in [-0.15, -0.1) is 0 Å². The Morgan fingerprint density at radius 3 is 2.50 bits per heavy atom. The molecule has 6 heteroatoms. The minimum atomic E-state index is -0.717. The van der Waals surface area contributed by atoms with E-state index in [1.54, 1.807) is 6.92 Å². The second-order valence-electron chi connectivity index (χ2n) is 5.46. The van der Waals surface area contributed by atoms with Gasteiger partial charge in [0.25, 0.3) is 5.91 Å². The van der Waals surface area contributed by atoms with E-state index in [2.05, 4.69) is 10.3 Å². The monoisotopic (exact) mass is 281 g/mol. The average molecular weight is 281 g/mol. The van der Waals surface area contributed by atoms with Crippen LogP contribution < -0.4 is 5.32 Å². The quantitative estimate of drug-likeness (QED) is 0.853. The van der Waals surface area contributed by atoms with E-state index >= 15 is 0 Å². The van der Waals surface area contributed by atoms with Crippen molar-refractivity contribution in [2.75, 3.05) is 13.1 Å². The predicted octanol–water partition coefficient (Wildman–Crippen LogP) is 1.60. The molecule has 1 aromatic heterocycles. The molecule has 2 amide bonds. The summed E-state index contributed by atoms with van der Waals surface area (Å²) in [7, 11) is 0. The van der Waals surface area contributed by atoms with E-state index in [1.807, 2.05) is 20.8 Å². The number of nitrogens with zero attached hydrogens (tertiary/aromatic N) is 2. The molecule has 5 nitrogen and oxygen atoms in total. The smallest absolute Gasteiger partial charge is 0.273 e. The minimum absolute atomic E-state index is 0.00425. The molecule has 0 radical (unpaired) electrons. The van der Waals surface area contributed by atoms with E-state index < -0.39 is 11.9 Å². The summed E-state index contributed by atoms with van der Waals surface area (Å²) in [6.07, 6.45) is 0. The number of carbonyl (C=O) groups excluding carboxylic acids is 2. The molecule has 20 heavy (non-hydrogen) atoms. The lowest BCUT2D eigenvalue weighted by Crippen LogP contribution is -2.47. The first-order valence-electron chi connectivity index (χ1n) is 6.46. The van der Waals surface area contributed by atoms with Gasteiger partial charge in [-0.1, -0.05) is 6.07 Å². The van der Waals surface area contributed by atoms with Gasteiger partial charge in [-0.25, -0.2) is 4.98 Å². The third-order valence-electron chi connectivity index (χ3n) is 2.45. The summed E-state index contributed by atoms with van der Waals surface area (Å²) in [4.78, 5) is 28.8. The zero-order chi connectivity index (χ0) is 15.3. The Hall–Kier alpha value is -1.98. The van der Waals surface area contributed by atoms with Crippen LogP contribution in [-0.4, -0.2) is 40.3 Å². The molecule has 0 aliphatic rings. The fraction of sp³-hybridized carbons (Fsp3) is 0.500. The lowest BCUT2D eigenvalue weighted by molar-refractivity contribution is -0.123. The highest BCUT2D eigenvalue weighted by atomic mass is 19.1. The molecule has 0 aromatic carbocycles. The number of nitrogens with one attached hydrogen (secondary N) is 1. The van der Waals surface area contributed by atoms with Crippen LogP contribution in [0.15, 0.2) is 18.2 Å². The summed E-state index contributed by atoms with van der Waals surface area (Å²) >= 11 is 0. The number of hydrogen-bond donors (Lipinski definition) is 1. The number of halogens is 1. The molecule has 1 rings (SSSR count). The Bertz CT molecular complexity index is 497. The van der Waals surface area contributed by atoms with Crippen LogP contribution in [0.4, 0.5) is 4.39 Å². The lowest BCUT2D eigenvalue weighted by Gasteiger charge is -2.24. The van der Waals surface area contributed by atoms with Gasteiger partial charge in [-0.3, -0.25) is 9.59 Å². The van der Waals surface area contributed by atoms with Crippen LogP contribution in [0.3, 0.4) is 0 Å². The van der Waals surface area contributed by atoms with Crippen LogP contribution in [0.5, 0.6) is 0 Å². The van der Waals surface area contributed by atoms with Crippen molar-refractivity contribution in [3.8, 4) is 0 Å². The molecule has 0 saturated carbocycles. The summed E-state index contributed by atoms with van der Waals surface area (Å²) in [5, 5.41) is 2.77. The molecule has 0 spiro atoms. The van der Waals surface area contributed by atoms with Gasteiger partial charge in [0.05, 0.1) is 6.54 Å². The fourth-order valence-corrected chi connectivity index (χ4v) is 1.65. The maximum Gasteiger partial charge on any atom is 0.273 e. The van der Waals surface area contributed by atoms with Gasteiger partial charge < -0.3 is 10.2 Å². The molecule has 1 heterocycles. The number of hydrogen-bond acceptors (Lipinski definition) is 3. The second-order valence-corrected chi connectivity index (χ2v) is 5.46. The van der Waals surface area contributed by atoms with Crippen LogP contribution in [0, 0.1) is 5.95 Å². The largest absolute Gasteiger partial charge is 0.350 e. The highest BCUT2D eigenvalue weighted by Gasteiger charge is 2.21. The molecule has 0 atom stereocenters. The molecule has 0 aliphatic carbocycles. The second kappa shape index (κ2) is 6.45. The van der Waals surface area contributed by atoms with Crippen molar-refractivity contribution in [1.29, 1.82) is 0 Å². The van der Waals surface area contributed by atoms with Crippen molar-refractivity contribution < 1.29 is 14.0 Å². The maximum atomic E-state index is 13.0. The molecule has 0 saturated heterocycles. The van der Waals surface area contributed by atoms with Crippen LogP contribution in [0.1, 0.15) is 38.2 Å². The van der Waals surface area contributed by atoms with Gasteiger partial charge in [0, 0.05) is 12.1 Å². The Kier molecular flexibility index (Phi) is 5.19. The minimum Gasteiger partial charge on any atom is -0.350 e. The summed E-state index contributed by atoms with van der Waals surface area (Å²) < 4.78 is 13.0. The van der Waals surface area contributed by atoms with Crippen molar-refractivity contribution >= 4 is 11.8 Å². The molecule has 0 bridgehead atoms. The topological polar surface area (TPSA) is 62.3 Å². The van der Waals surface area contributed by atoms with Crippen LogP contribution in [0.2, 0.25) is 0 Å². The normalized spacial score (nSPS) is 11.1. The number of pyridine rings is 1. The number of aromatic nitrogens is 1. The Balaban J connectivity index is 2.76. The van der Waals surface area contributed by atoms with Crippen LogP contribution >= 0.6 is 0 Å². The predicted molar refractivity (Wildman–Crippen MR) is 73.7 cm³/mol. The van der Waals surface area contributed by atoms with Crippen molar-refractivity contribution in [1.82, 2.24) is 15.2 Å². The van der Waals surface area contributed by atoms with Gasteiger partial charge in [-0.2, -0.15) is 4.39 Å². The molecule has 1 aromatic rings. The highest BCUT2D eigenvalue weighted by molar-refractivity contribution is 5.94. The summed E-state index contributed by atoms with van der Waals surface area (Å²) in [6, 6.07) is 4.01. The molecule has 0 unspecified atom stereocenters. The fourth-order valence-electron chi connectivity index (χ4n) is 1.65. The van der Waals surface area contributed by atoms with Gasteiger partial charge in [0.15, 0.2) is 0 Å². The van der Waals surface area contributed by atoms with Crippen molar-refractivity contribution in [2.24, 2.45) is 0 Å². The molecule has 0 aliphatic heterocycles. The standard InChI is InChI=1S/C14H20FN3O2/c1-5-18(9-12(19)17-14(2,3)4)13(20)10-7-6-8-11(15)16-10/h6-8H,5,9H2,1-4H3,(H,17,19).